The van der Waals surface area contributed by atoms with Crippen molar-refractivity contribution in [2.75, 3.05) is 37.4 Å². The Morgan fingerprint density at radius 2 is 1.77 bits per heavy atom. The number of piperidine rings is 2. The van der Waals surface area contributed by atoms with Gasteiger partial charge in [-0.25, -0.2) is 4.39 Å². The molecule has 4 aromatic rings. The maximum atomic E-state index is 16.6. The number of likely N-dealkylation sites (tertiary alicyclic amines) is 1. The largest absolute Gasteiger partial charge is 0.495 e. The van der Waals surface area contributed by atoms with E-state index in [1.54, 1.807) is 41.3 Å². The molecule has 13 nitrogen and oxygen atoms in total. The van der Waals surface area contributed by atoms with Crippen molar-refractivity contribution in [1.29, 1.82) is 0 Å². The second-order valence-electron chi connectivity index (χ2n) is 21.7. The van der Waals surface area contributed by atoms with Crippen molar-refractivity contribution in [2.24, 2.45) is 16.7 Å². The van der Waals surface area contributed by atoms with Crippen molar-refractivity contribution in [3.63, 3.8) is 0 Å². The summed E-state index contributed by atoms with van der Waals surface area (Å²) < 4.78 is 22.5. The van der Waals surface area contributed by atoms with E-state index in [0.29, 0.717) is 54.2 Å². The van der Waals surface area contributed by atoms with Gasteiger partial charge in [-0.05, 0) is 122 Å². The molecule has 1 aromatic heterocycles. The number of pyridine rings is 1. The van der Waals surface area contributed by atoms with E-state index in [2.05, 4.69) is 59.9 Å². The molecular formula is C56H59ClFN7O6. The van der Waals surface area contributed by atoms with Crippen molar-refractivity contribution in [1.82, 2.24) is 25.4 Å². The first-order valence-electron chi connectivity index (χ1n) is 25.1. The van der Waals surface area contributed by atoms with Crippen LogP contribution in [0.15, 0.2) is 66.9 Å². The van der Waals surface area contributed by atoms with Crippen LogP contribution in [0.2, 0.25) is 5.02 Å². The van der Waals surface area contributed by atoms with Gasteiger partial charge in [0.1, 0.15) is 17.6 Å². The van der Waals surface area contributed by atoms with Gasteiger partial charge in [0.2, 0.25) is 17.7 Å². The predicted octanol–water partition coefficient (Wildman–Crippen LogP) is 7.90. The lowest BCUT2D eigenvalue weighted by Crippen LogP contribution is -2.59. The molecule has 0 unspecified atom stereocenters. The number of amides is 5. The Labute approximate surface area is 418 Å². The molecule has 0 bridgehead atoms. The van der Waals surface area contributed by atoms with Crippen molar-refractivity contribution in [3.8, 4) is 17.6 Å². The van der Waals surface area contributed by atoms with Gasteiger partial charge in [-0.1, -0.05) is 62.4 Å². The maximum Gasteiger partial charge on any atom is 0.255 e. The zero-order valence-electron chi connectivity index (χ0n) is 40.6. The predicted molar refractivity (Wildman–Crippen MR) is 267 cm³/mol. The van der Waals surface area contributed by atoms with Crippen LogP contribution < -0.4 is 26.0 Å². The molecule has 5 fully saturated rings. The number of anilines is 2. The summed E-state index contributed by atoms with van der Waals surface area (Å²) in [5, 5.41) is 13.1. The second-order valence-corrected chi connectivity index (χ2v) is 22.1. The number of methoxy groups -OCH3 is 1. The van der Waals surface area contributed by atoms with Gasteiger partial charge in [0.05, 0.1) is 23.9 Å². The van der Waals surface area contributed by atoms with Gasteiger partial charge in [0, 0.05) is 95.2 Å². The number of carbonyl (C=O) groups is 5. The number of aromatic nitrogens is 1. The highest BCUT2D eigenvalue weighted by Crippen LogP contribution is 2.64. The zero-order chi connectivity index (χ0) is 49.6. The Bertz CT molecular complexity index is 2980. The van der Waals surface area contributed by atoms with Gasteiger partial charge < -0.3 is 25.2 Å². The van der Waals surface area contributed by atoms with Gasteiger partial charge in [0.15, 0.2) is 0 Å². The van der Waals surface area contributed by atoms with Gasteiger partial charge in [-0.2, -0.15) is 0 Å². The molecular weight excluding hydrogens is 921 g/mol. The molecule has 5 amide bonds. The molecule has 3 aromatic carbocycles. The lowest BCUT2D eigenvalue weighted by atomic mass is 9.54. The summed E-state index contributed by atoms with van der Waals surface area (Å²) in [5.41, 5.74) is 4.99. The molecule has 5 aliphatic heterocycles. The Kier molecular flexibility index (Phi) is 11.6. The number of rotatable bonds is 7. The second kappa shape index (κ2) is 17.5. The van der Waals surface area contributed by atoms with Crippen molar-refractivity contribution < 1.29 is 33.1 Å². The van der Waals surface area contributed by atoms with Gasteiger partial charge in [0.25, 0.3) is 11.8 Å². The molecule has 7 aliphatic rings. The first kappa shape index (κ1) is 47.0. The highest BCUT2D eigenvalue weighted by molar-refractivity contribution is 6.30. The van der Waals surface area contributed by atoms with E-state index < -0.39 is 40.7 Å². The van der Waals surface area contributed by atoms with Crippen LogP contribution in [0.25, 0.3) is 0 Å². The fourth-order valence-electron chi connectivity index (χ4n) is 13.1. The third-order valence-corrected chi connectivity index (χ3v) is 17.8. The van der Waals surface area contributed by atoms with E-state index in [9.17, 15) is 19.2 Å². The maximum absolute atomic E-state index is 16.6. The standard InChI is InChI=1S/C56H59ClFN7O6/c1-5-35-27-42-39(29-59-35)56(31-60-42)46(37-10-7-11-40(57)47(37)58)48(63-55(56)20-18-53(2,3)19-21-55)50(68)61-41-15-13-33(26-44(41)71-4)51(69)64-24-22-54(23-25-64)28-34(54)14-12-32-8-6-9-36-38(32)30-65(52(36)70)43-16-17-45(66)62-49(43)67/h6-11,13,15,26-27,29,34,43,46,48,60,63H,5,16-25,28,30-31H2,1-4H3,(H,61,68)(H,62,66,67)/t34-,43+,46+,48-,56-/m1/s1. The normalized spacial score (nSPS) is 26.4. The smallest absolute Gasteiger partial charge is 0.255 e. The summed E-state index contributed by atoms with van der Waals surface area (Å²) in [6.07, 6.45) is 9.13. The number of halogens is 2. The lowest BCUT2D eigenvalue weighted by Gasteiger charge is -2.51. The molecule has 2 aliphatic carbocycles. The minimum absolute atomic E-state index is 0.00196. The number of imide groups is 1. The summed E-state index contributed by atoms with van der Waals surface area (Å²) in [6, 6.07) is 16.2. The lowest BCUT2D eigenvalue weighted by molar-refractivity contribution is -0.137. The van der Waals surface area contributed by atoms with Gasteiger partial charge >= 0.3 is 0 Å². The monoisotopic (exact) mass is 979 g/mol. The van der Waals surface area contributed by atoms with Crippen LogP contribution in [0.1, 0.15) is 133 Å². The van der Waals surface area contributed by atoms with E-state index in [1.807, 2.05) is 23.2 Å². The molecule has 0 radical (unpaired) electrons. The highest BCUT2D eigenvalue weighted by Gasteiger charge is 2.69. The Balaban J connectivity index is 0.797. The van der Waals surface area contributed by atoms with E-state index in [0.717, 1.165) is 79.4 Å². The molecule has 15 heteroatoms. The number of aryl methyl sites for hydroxylation is 1. The SMILES string of the molecule is CCc1cc2c(cn1)[C@]1(CN2)[C@@H](c2cccc(Cl)c2F)[C@H](C(=O)Nc2ccc(C(=O)N3CCC4(CC3)C[C@H]4C#Cc3cccc4c3CN([C@H]3CCC(=O)NC3=O)C4=O)cc2OC)NC12CCC(C)(C)CC2. The van der Waals surface area contributed by atoms with Crippen LogP contribution in [-0.4, -0.2) is 88.7 Å². The third-order valence-electron chi connectivity index (χ3n) is 17.5. The highest BCUT2D eigenvalue weighted by atomic mass is 35.5. The van der Waals surface area contributed by atoms with Gasteiger partial charge in [-0.15, -0.1) is 0 Å². The Morgan fingerprint density at radius 1 is 1.00 bits per heavy atom. The molecule has 11 rings (SSSR count). The minimum atomic E-state index is -0.876. The molecule has 6 heterocycles. The first-order valence-corrected chi connectivity index (χ1v) is 25.5. The quantitative estimate of drug-likeness (QED) is 0.107. The summed E-state index contributed by atoms with van der Waals surface area (Å²) >= 11 is 6.54. The van der Waals surface area contributed by atoms with Crippen LogP contribution in [0.5, 0.6) is 5.75 Å². The van der Waals surface area contributed by atoms with Crippen LogP contribution in [-0.2, 0) is 32.8 Å². The summed E-state index contributed by atoms with van der Waals surface area (Å²) in [4.78, 5) is 75.2. The topological polar surface area (TPSA) is 162 Å². The fraction of sp³-hybridized carbons (Fsp3) is 0.464. The molecule has 5 atom stereocenters. The number of benzene rings is 3. The van der Waals surface area contributed by atoms with Crippen LogP contribution in [0.3, 0.4) is 0 Å². The van der Waals surface area contributed by atoms with Crippen molar-refractivity contribution in [3.05, 3.63) is 117 Å². The van der Waals surface area contributed by atoms with E-state index >= 15 is 9.18 Å². The molecule has 3 saturated heterocycles. The zero-order valence-corrected chi connectivity index (χ0v) is 41.4. The summed E-state index contributed by atoms with van der Waals surface area (Å²) in [6.45, 7) is 8.52. The molecule has 71 heavy (non-hydrogen) atoms. The van der Waals surface area contributed by atoms with Crippen molar-refractivity contribution >= 4 is 52.5 Å². The van der Waals surface area contributed by atoms with E-state index in [1.165, 1.54) is 13.2 Å². The van der Waals surface area contributed by atoms with E-state index in [-0.39, 0.29) is 58.4 Å². The van der Waals surface area contributed by atoms with Gasteiger partial charge in [-0.3, -0.25) is 39.6 Å². The fourth-order valence-corrected chi connectivity index (χ4v) is 13.3. The molecule has 4 N–H and O–H groups in total. The number of nitrogens with one attached hydrogen (secondary N) is 4. The van der Waals surface area contributed by atoms with E-state index in [4.69, 9.17) is 21.3 Å². The average molecular weight is 981 g/mol. The molecule has 2 saturated carbocycles. The number of nitrogens with zero attached hydrogens (tertiary/aromatic N) is 3. The number of fused-ring (bicyclic) bond motifs is 4. The number of carbonyl (C=O) groups excluding carboxylic acids is 5. The average Bonchev–Trinajstić information content (AvgIpc) is 3.58. The van der Waals surface area contributed by atoms with Crippen LogP contribution in [0.4, 0.5) is 15.8 Å². The molecule has 3 spiro atoms. The number of hydrogen-bond acceptors (Lipinski definition) is 9. The van der Waals surface area contributed by atoms with Crippen molar-refractivity contribution in [2.45, 2.75) is 120 Å². The Hall–Kier alpha value is -6.30. The first-order chi connectivity index (χ1) is 34.1. The van der Waals surface area contributed by atoms with Crippen LogP contribution in [0, 0.1) is 34.4 Å². The number of ether oxygens (including phenoxy) is 1. The Morgan fingerprint density at radius 3 is 2.52 bits per heavy atom. The summed E-state index contributed by atoms with van der Waals surface area (Å²) in [5.74, 6) is 4.68. The molecule has 368 valence electrons. The number of hydrogen-bond donors (Lipinski definition) is 4. The third kappa shape index (κ3) is 7.77. The minimum Gasteiger partial charge on any atom is -0.495 e. The van der Waals surface area contributed by atoms with Crippen LogP contribution >= 0.6 is 11.6 Å². The summed E-state index contributed by atoms with van der Waals surface area (Å²) in [7, 11) is 1.51.